The molecule has 5 heteroatoms. The Morgan fingerprint density at radius 1 is 0.750 bits per heavy atom. The lowest BCUT2D eigenvalue weighted by Gasteiger charge is -2.05. The molecule has 0 saturated carbocycles. The van der Waals surface area contributed by atoms with Gasteiger partial charge in [-0.15, -0.1) is 0 Å². The zero-order chi connectivity index (χ0) is 20.6. The molecule has 0 fully saturated rings. The molecule has 0 aliphatic heterocycles. The number of rotatable bonds is 7. The third-order valence-corrected chi connectivity index (χ3v) is 3.60. The molecule has 148 valence electrons. The summed E-state index contributed by atoms with van der Waals surface area (Å²) < 4.78 is 0. The zero-order valence-corrected chi connectivity index (χ0v) is 17.7. The smallest absolute Gasteiger partial charge is 0.100 e. The van der Waals surface area contributed by atoms with Crippen LogP contribution in [-0.4, -0.2) is 50.6 Å². The van der Waals surface area contributed by atoms with E-state index in [1.54, 1.807) is 0 Å². The van der Waals surface area contributed by atoms with E-state index in [1.807, 2.05) is 69.3 Å². The summed E-state index contributed by atoms with van der Waals surface area (Å²) in [7, 11) is 4.12. The number of hydrogen-bond donors (Lipinski definition) is 0. The van der Waals surface area contributed by atoms with Gasteiger partial charge in [-0.3, -0.25) is 0 Å². The van der Waals surface area contributed by atoms with Crippen LogP contribution >= 0.6 is 0 Å². The Morgan fingerprint density at radius 3 is 1.68 bits per heavy atom. The molecular weight excluding hydrogens is 346 g/mol. The fourth-order valence-electron chi connectivity index (χ4n) is 2.02. The summed E-state index contributed by atoms with van der Waals surface area (Å²) in [5, 5.41) is 0. The van der Waals surface area contributed by atoms with Gasteiger partial charge in [-0.25, -0.2) is 9.98 Å². The molecule has 0 aliphatic rings. The second-order valence-electron chi connectivity index (χ2n) is 6.61. The highest BCUT2D eigenvalue weighted by Crippen LogP contribution is 2.13. The van der Waals surface area contributed by atoms with Crippen LogP contribution in [0, 0.1) is 13.8 Å². The monoisotopic (exact) mass is 377 g/mol. The van der Waals surface area contributed by atoms with Gasteiger partial charge >= 0.3 is 0 Å². The quantitative estimate of drug-likeness (QED) is 0.459. The van der Waals surface area contributed by atoms with Crippen molar-refractivity contribution in [2.75, 3.05) is 33.7 Å². The Labute approximate surface area is 169 Å². The first-order chi connectivity index (χ1) is 13.5. The van der Waals surface area contributed by atoms with E-state index in [2.05, 4.69) is 51.0 Å². The van der Waals surface area contributed by atoms with Gasteiger partial charge in [0.25, 0.3) is 0 Å². The largest absolute Gasteiger partial charge is 0.309 e. The maximum absolute atomic E-state index is 4.15. The summed E-state index contributed by atoms with van der Waals surface area (Å²) >= 11 is 0. The van der Waals surface area contributed by atoms with Crippen molar-refractivity contribution in [1.29, 1.82) is 0 Å². The van der Waals surface area contributed by atoms with Crippen LogP contribution in [0.3, 0.4) is 0 Å². The molecule has 2 aromatic rings. The normalized spacial score (nSPS) is 9.50. The van der Waals surface area contributed by atoms with Crippen molar-refractivity contribution >= 4 is 23.4 Å². The Bertz CT molecular complexity index is 742. The highest BCUT2D eigenvalue weighted by Gasteiger charge is 1.88. The molecule has 0 unspecified atom stereocenters. The molecule has 0 heterocycles. The molecule has 0 radical (unpaired) electrons. The molecule has 0 amide bonds. The van der Waals surface area contributed by atoms with E-state index in [0.29, 0.717) is 0 Å². The van der Waals surface area contributed by atoms with E-state index in [9.17, 15) is 0 Å². The predicted molar refractivity (Wildman–Crippen MR) is 120 cm³/mol. The van der Waals surface area contributed by atoms with Crippen molar-refractivity contribution < 1.29 is 0 Å². The summed E-state index contributed by atoms with van der Waals surface area (Å²) in [6.45, 7) is 8.76. The van der Waals surface area contributed by atoms with E-state index >= 15 is 0 Å². The minimum atomic E-state index is 0.775. The van der Waals surface area contributed by atoms with E-state index in [4.69, 9.17) is 0 Å². The number of aryl methyl sites for hydroxylation is 2. The maximum Gasteiger partial charge on any atom is 0.100 e. The standard InChI is InChI=1S/C15H14N2.C8H17N3/c1-12-3-7-14(8-4-12)16-11-17-15-9-5-13(2)6-10-15;1-4-9-8-10-6-5-7-11(2)3/h3-10H,1-2H3;4-7H2,1-3H3. The number of hydrogen-bond acceptors (Lipinski definition) is 5. The molecule has 0 aromatic heterocycles. The van der Waals surface area contributed by atoms with Crippen molar-refractivity contribution in [1.82, 2.24) is 4.90 Å². The minimum absolute atomic E-state index is 0.775. The minimum Gasteiger partial charge on any atom is -0.309 e. The van der Waals surface area contributed by atoms with Crippen LogP contribution in [0.2, 0.25) is 0 Å². The summed E-state index contributed by atoms with van der Waals surface area (Å²) in [5.41, 5.74) is 4.18. The third kappa shape index (κ3) is 11.7. The summed E-state index contributed by atoms with van der Waals surface area (Å²) in [6, 6.07) is 21.2. The SMILES string of the molecule is CCN=C=NCCCN(C)C.Cc1ccc(N=C=Nc2ccc(C)cc2)cc1. The second kappa shape index (κ2) is 14.2. The maximum atomic E-state index is 4.15. The van der Waals surface area contributed by atoms with E-state index in [-0.39, 0.29) is 0 Å². The third-order valence-electron chi connectivity index (χ3n) is 3.60. The first-order valence-electron chi connectivity index (χ1n) is 9.53. The van der Waals surface area contributed by atoms with Crippen LogP contribution in [0.25, 0.3) is 0 Å². The van der Waals surface area contributed by atoms with Crippen molar-refractivity contribution in [2.24, 2.45) is 20.0 Å². The lowest BCUT2D eigenvalue weighted by Crippen LogP contribution is -2.13. The van der Waals surface area contributed by atoms with Crippen molar-refractivity contribution in [2.45, 2.75) is 27.2 Å². The Morgan fingerprint density at radius 2 is 1.25 bits per heavy atom. The van der Waals surface area contributed by atoms with Crippen molar-refractivity contribution in [3.63, 3.8) is 0 Å². The molecule has 28 heavy (non-hydrogen) atoms. The van der Waals surface area contributed by atoms with Crippen LogP contribution in [0.4, 0.5) is 11.4 Å². The number of aliphatic imine (C=N–C) groups is 4. The molecule has 0 spiro atoms. The molecule has 2 rings (SSSR count). The predicted octanol–water partition coefficient (Wildman–Crippen LogP) is 5.57. The van der Waals surface area contributed by atoms with E-state index in [1.165, 1.54) is 11.1 Å². The van der Waals surface area contributed by atoms with Gasteiger partial charge in [0, 0.05) is 6.54 Å². The lowest BCUT2D eigenvalue weighted by atomic mass is 10.2. The molecule has 0 N–H and O–H groups in total. The van der Waals surface area contributed by atoms with Gasteiger partial charge in [0.1, 0.15) is 6.01 Å². The van der Waals surface area contributed by atoms with E-state index < -0.39 is 0 Å². The summed E-state index contributed by atoms with van der Waals surface area (Å²) in [5.74, 6) is 0. The highest BCUT2D eigenvalue weighted by molar-refractivity contribution is 5.57. The fourth-order valence-corrected chi connectivity index (χ4v) is 2.02. The van der Waals surface area contributed by atoms with Crippen molar-refractivity contribution in [3.8, 4) is 0 Å². The average molecular weight is 378 g/mol. The second-order valence-corrected chi connectivity index (χ2v) is 6.61. The molecule has 0 atom stereocenters. The van der Waals surface area contributed by atoms with Gasteiger partial charge in [-0.05, 0) is 72.1 Å². The number of nitrogens with zero attached hydrogens (tertiary/aromatic N) is 5. The van der Waals surface area contributed by atoms with Crippen LogP contribution in [0.15, 0.2) is 68.5 Å². The zero-order valence-electron chi connectivity index (χ0n) is 17.7. The van der Waals surface area contributed by atoms with Gasteiger partial charge in [0.05, 0.1) is 23.9 Å². The van der Waals surface area contributed by atoms with Gasteiger partial charge < -0.3 is 4.90 Å². The molecule has 0 bridgehead atoms. The van der Waals surface area contributed by atoms with Crippen LogP contribution in [0.5, 0.6) is 0 Å². The van der Waals surface area contributed by atoms with Crippen molar-refractivity contribution in [3.05, 3.63) is 59.7 Å². The summed E-state index contributed by atoms with van der Waals surface area (Å²) in [4.78, 5) is 18.3. The van der Waals surface area contributed by atoms with Gasteiger partial charge in [-0.1, -0.05) is 35.4 Å². The van der Waals surface area contributed by atoms with Gasteiger partial charge in [0.15, 0.2) is 0 Å². The highest BCUT2D eigenvalue weighted by atomic mass is 15.0. The molecule has 0 saturated heterocycles. The average Bonchev–Trinajstić information content (AvgIpc) is 2.68. The molecular formula is C23H31N5. The van der Waals surface area contributed by atoms with Crippen LogP contribution in [0.1, 0.15) is 24.5 Å². The first-order valence-corrected chi connectivity index (χ1v) is 9.53. The Hall–Kier alpha value is -2.84. The van der Waals surface area contributed by atoms with Gasteiger partial charge in [-0.2, -0.15) is 9.98 Å². The number of benzene rings is 2. The molecule has 0 aliphatic carbocycles. The molecule has 5 nitrogen and oxygen atoms in total. The van der Waals surface area contributed by atoms with Gasteiger partial charge in [0.2, 0.25) is 0 Å². The summed E-state index contributed by atoms with van der Waals surface area (Å²) in [6.07, 6.45) is 1.08. The Balaban J connectivity index is 0.000000311. The van der Waals surface area contributed by atoms with Crippen LogP contribution < -0.4 is 0 Å². The molecule has 2 aromatic carbocycles. The first kappa shape index (κ1) is 23.2. The van der Waals surface area contributed by atoms with Crippen LogP contribution in [-0.2, 0) is 0 Å². The van der Waals surface area contributed by atoms with E-state index in [0.717, 1.165) is 37.4 Å². The fraction of sp³-hybridized carbons (Fsp3) is 0.391. The Kier molecular flexibility index (Phi) is 11.8. The lowest BCUT2D eigenvalue weighted by molar-refractivity contribution is 0.403. The topological polar surface area (TPSA) is 52.7 Å².